The summed E-state index contributed by atoms with van der Waals surface area (Å²) in [5.74, 6) is 0. The first-order valence-corrected chi connectivity index (χ1v) is 0. The second kappa shape index (κ2) is 38.2. The Balaban J connectivity index is 0. The summed E-state index contributed by atoms with van der Waals surface area (Å²) in [6, 6.07) is 0. The van der Waals surface area contributed by atoms with Crippen molar-refractivity contribution in [2.75, 3.05) is 0 Å². The van der Waals surface area contributed by atoms with Gasteiger partial charge in [-0.05, 0) is 0 Å². The van der Waals surface area contributed by atoms with Crippen molar-refractivity contribution < 1.29 is 0 Å². The normalized spacial score (nSPS) is 0. The summed E-state index contributed by atoms with van der Waals surface area (Å²) in [7, 11) is 0. The van der Waals surface area contributed by atoms with Crippen molar-refractivity contribution in [3.05, 3.63) is 0 Å². The van der Waals surface area contributed by atoms with Crippen LogP contribution in [0.1, 0.15) is 0 Å². The van der Waals surface area contributed by atoms with Gasteiger partial charge < -0.3 is 0 Å². The summed E-state index contributed by atoms with van der Waals surface area (Å²) in [4.78, 5) is 0. The van der Waals surface area contributed by atoms with E-state index in [2.05, 4.69) is 0 Å². The fourth-order valence-corrected chi connectivity index (χ4v) is 0. The van der Waals surface area contributed by atoms with E-state index in [1.165, 1.54) is 0 Å². The molecule has 5 heavy (non-hydrogen) atoms. The average molecular weight is 267 g/mol. The third kappa shape index (κ3) is 24.3. The second-order valence-electron chi connectivity index (χ2n) is 0. The minimum atomic E-state index is 0. The van der Waals surface area contributed by atoms with E-state index < -0.39 is 0 Å². The topological polar surface area (TPSA) is 0 Å². The van der Waals surface area contributed by atoms with E-state index in [1.54, 1.807) is 0 Å². The Hall–Kier alpha value is 1.96. The zero-order valence-electron chi connectivity index (χ0n) is 2.34. The summed E-state index contributed by atoms with van der Waals surface area (Å²) >= 11 is 0. The van der Waals surface area contributed by atoms with Crippen LogP contribution in [0.15, 0.2) is 0 Å². The third-order valence-electron chi connectivity index (χ3n) is 0. The van der Waals surface area contributed by atoms with Gasteiger partial charge in [0.1, 0.15) is 0 Å². The molecule has 0 saturated carbocycles. The van der Waals surface area contributed by atoms with Crippen LogP contribution in [0.25, 0.3) is 0 Å². The van der Waals surface area contributed by atoms with Crippen molar-refractivity contribution in [3.8, 4) is 0 Å². The van der Waals surface area contributed by atoms with Gasteiger partial charge in [0.2, 0.25) is 0 Å². The van der Waals surface area contributed by atoms with Crippen LogP contribution in [0.2, 0.25) is 0 Å². The van der Waals surface area contributed by atoms with Crippen molar-refractivity contribution in [2.24, 2.45) is 0 Å². The van der Waals surface area contributed by atoms with Crippen molar-refractivity contribution in [1.82, 2.24) is 0 Å². The number of halogens is 4. The van der Waals surface area contributed by atoms with Gasteiger partial charge in [-0.2, -0.15) is 0 Å². The molecule has 0 saturated heterocycles. The summed E-state index contributed by atoms with van der Waals surface area (Å²) in [5, 5.41) is 0. The summed E-state index contributed by atoms with van der Waals surface area (Å²) in [6.45, 7) is 0. The SMILES string of the molecule is Cl.Cl.Cl.Cl.[SnH2]. The summed E-state index contributed by atoms with van der Waals surface area (Å²) in [6.07, 6.45) is 0. The van der Waals surface area contributed by atoms with Gasteiger partial charge in [0.25, 0.3) is 0 Å². The standard InChI is InChI=1S/4ClH.Sn.2H/h4*1H;;;. The quantitative estimate of drug-likeness (QED) is 0.568. The van der Waals surface area contributed by atoms with Gasteiger partial charge in [0.15, 0.2) is 0 Å². The molecule has 0 heterocycles. The number of hydrogen-bond donors (Lipinski definition) is 0. The van der Waals surface area contributed by atoms with Crippen LogP contribution in [-0.2, 0) is 0 Å². The molecule has 0 unspecified atom stereocenters. The van der Waals surface area contributed by atoms with Gasteiger partial charge >= 0.3 is 23.9 Å². The Morgan fingerprint density at radius 2 is 0.400 bits per heavy atom. The molecule has 0 amide bonds. The van der Waals surface area contributed by atoms with Crippen LogP contribution >= 0.6 is 49.6 Å². The third-order valence-corrected chi connectivity index (χ3v) is 0. The molecule has 0 aliphatic carbocycles. The molecule has 0 aliphatic heterocycles. The van der Waals surface area contributed by atoms with Gasteiger partial charge in [0, 0.05) is 0 Å². The molecule has 0 spiro atoms. The fraction of sp³-hybridized carbons (Fsp3) is 0. The molecule has 0 rings (SSSR count). The molecule has 0 nitrogen and oxygen atoms in total. The molecule has 0 aromatic carbocycles. The van der Waals surface area contributed by atoms with E-state index in [0.717, 1.165) is 0 Å². The molecule has 0 aromatic heterocycles. The Kier molecular flexibility index (Phi) is 492. The van der Waals surface area contributed by atoms with Crippen molar-refractivity contribution in [2.45, 2.75) is 0 Å². The van der Waals surface area contributed by atoms with Gasteiger partial charge in [-0.1, -0.05) is 0 Å². The molecule has 38 valence electrons. The van der Waals surface area contributed by atoms with E-state index in [1.807, 2.05) is 0 Å². The average Bonchev–Trinajstić information content (AvgIpc) is 0. The number of hydrogen-bond acceptors (Lipinski definition) is 0. The molecule has 0 aliphatic rings. The van der Waals surface area contributed by atoms with Crippen LogP contribution in [0, 0.1) is 0 Å². The van der Waals surface area contributed by atoms with Crippen LogP contribution in [0.5, 0.6) is 0 Å². The van der Waals surface area contributed by atoms with Gasteiger partial charge in [0.05, 0.1) is 0 Å². The Labute approximate surface area is 73.1 Å². The Morgan fingerprint density at radius 1 is 0.400 bits per heavy atom. The zero-order valence-corrected chi connectivity index (χ0v) is 9.64. The maximum absolute atomic E-state index is 0. The molecular weight excluding hydrogens is 261 g/mol. The first kappa shape index (κ1) is 64.4. The van der Waals surface area contributed by atoms with Crippen molar-refractivity contribution in [3.63, 3.8) is 0 Å². The van der Waals surface area contributed by atoms with Crippen LogP contribution in [0.3, 0.4) is 0 Å². The molecule has 2 radical (unpaired) electrons. The summed E-state index contributed by atoms with van der Waals surface area (Å²) in [5.41, 5.74) is 0. The predicted octanol–water partition coefficient (Wildman–Crippen LogP) is 0.771. The zero-order chi connectivity index (χ0) is 0. The van der Waals surface area contributed by atoms with Gasteiger partial charge in [-0.15, -0.1) is 49.6 Å². The first-order chi connectivity index (χ1) is 0. The maximum atomic E-state index is 0. The van der Waals surface area contributed by atoms with E-state index in [-0.39, 0.29) is 73.5 Å². The molecular formula is H6Cl4Sn. The van der Waals surface area contributed by atoms with Crippen LogP contribution in [0.4, 0.5) is 0 Å². The molecule has 0 aromatic rings. The van der Waals surface area contributed by atoms with E-state index in [9.17, 15) is 0 Å². The Morgan fingerprint density at radius 3 is 0.400 bits per heavy atom. The first-order valence-electron chi connectivity index (χ1n) is 0. The minimum absolute atomic E-state index is 0. The van der Waals surface area contributed by atoms with Gasteiger partial charge in [-0.25, -0.2) is 0 Å². The molecule has 5 heteroatoms. The second-order valence-corrected chi connectivity index (χ2v) is 0. The summed E-state index contributed by atoms with van der Waals surface area (Å²) < 4.78 is 0. The molecule has 0 N–H and O–H groups in total. The van der Waals surface area contributed by atoms with E-state index >= 15 is 0 Å². The van der Waals surface area contributed by atoms with E-state index in [4.69, 9.17) is 0 Å². The van der Waals surface area contributed by atoms with Crippen molar-refractivity contribution in [1.29, 1.82) is 0 Å². The Bertz CT molecular complexity index is 3.61. The monoisotopic (exact) mass is 266 g/mol. The molecule has 0 bridgehead atoms. The molecule has 0 atom stereocenters. The van der Waals surface area contributed by atoms with Crippen LogP contribution in [-0.4, -0.2) is 23.9 Å². The van der Waals surface area contributed by atoms with E-state index in [0.29, 0.717) is 0 Å². The number of rotatable bonds is 0. The van der Waals surface area contributed by atoms with Crippen molar-refractivity contribution >= 4 is 73.5 Å². The predicted molar refractivity (Wildman–Crippen MR) is 37.5 cm³/mol. The fourth-order valence-electron chi connectivity index (χ4n) is 0. The molecule has 0 fully saturated rings. The van der Waals surface area contributed by atoms with Crippen LogP contribution < -0.4 is 0 Å². The van der Waals surface area contributed by atoms with Gasteiger partial charge in [-0.3, -0.25) is 0 Å².